The molecule has 0 bridgehead atoms. The molecule has 0 fully saturated rings. The summed E-state index contributed by atoms with van der Waals surface area (Å²) in [6.07, 6.45) is 7.36. The van der Waals surface area contributed by atoms with E-state index in [2.05, 4.69) is 6.92 Å². The van der Waals surface area contributed by atoms with Crippen LogP contribution in [-0.2, 0) is 4.79 Å². The first-order valence-corrected chi connectivity index (χ1v) is 7.57. The molecular formula is C16H22ClNO3. The van der Waals surface area contributed by atoms with Crippen molar-refractivity contribution in [1.29, 1.82) is 0 Å². The standard InChI is InChI=1S/C8H6ClNO.C8H16O2/c9-10-5-8(11)6-3-1-2-4-7(6)10;1-2-3-4-5-6-7-8(9)10/h1-5,11H;2-7H2,1H3,(H,9,10). The molecule has 2 aromatic rings. The molecule has 0 unspecified atom stereocenters. The predicted molar refractivity (Wildman–Crippen MR) is 85.9 cm³/mol. The van der Waals surface area contributed by atoms with Gasteiger partial charge in [-0.3, -0.25) is 8.88 Å². The first kappa shape index (κ1) is 17.4. The summed E-state index contributed by atoms with van der Waals surface area (Å²) >= 11 is 5.73. The molecule has 1 aromatic carbocycles. The first-order valence-electron chi connectivity index (χ1n) is 7.23. The fraction of sp³-hybridized carbons (Fsp3) is 0.438. The van der Waals surface area contributed by atoms with Crippen LogP contribution in [0.4, 0.5) is 0 Å². The zero-order valence-electron chi connectivity index (χ0n) is 12.3. The highest BCUT2D eigenvalue weighted by molar-refractivity contribution is 6.19. The van der Waals surface area contributed by atoms with Gasteiger partial charge in [0.05, 0.1) is 11.7 Å². The number of para-hydroxylation sites is 1. The second kappa shape index (κ2) is 9.29. The van der Waals surface area contributed by atoms with Crippen molar-refractivity contribution in [2.45, 2.75) is 45.4 Å². The summed E-state index contributed by atoms with van der Waals surface area (Å²) in [5.74, 6) is -0.452. The number of aliphatic carboxylic acids is 1. The molecule has 0 saturated carbocycles. The number of unbranched alkanes of at least 4 members (excludes halogenated alkanes) is 4. The maximum atomic E-state index is 10.0. The Kier molecular flexibility index (Phi) is 7.69. The molecule has 1 aromatic heterocycles. The average Bonchev–Trinajstić information content (AvgIpc) is 2.75. The van der Waals surface area contributed by atoms with E-state index in [-0.39, 0.29) is 5.75 Å². The van der Waals surface area contributed by atoms with Gasteiger partial charge in [-0.05, 0) is 18.6 Å². The Labute approximate surface area is 130 Å². The van der Waals surface area contributed by atoms with Gasteiger partial charge in [-0.25, -0.2) is 0 Å². The molecule has 0 radical (unpaired) electrons. The summed E-state index contributed by atoms with van der Waals surface area (Å²) < 4.78 is 1.38. The van der Waals surface area contributed by atoms with E-state index in [1.165, 1.54) is 29.5 Å². The minimum Gasteiger partial charge on any atom is -0.506 e. The van der Waals surface area contributed by atoms with Crippen LogP contribution in [0.15, 0.2) is 30.5 Å². The van der Waals surface area contributed by atoms with Crippen LogP contribution in [0.25, 0.3) is 10.9 Å². The lowest BCUT2D eigenvalue weighted by Crippen LogP contribution is -1.93. The zero-order valence-corrected chi connectivity index (χ0v) is 13.0. The third-order valence-corrected chi connectivity index (χ3v) is 3.42. The Morgan fingerprint density at radius 1 is 1.19 bits per heavy atom. The van der Waals surface area contributed by atoms with Gasteiger partial charge in [0, 0.05) is 23.6 Å². The number of hydrogen-bond donors (Lipinski definition) is 2. The van der Waals surface area contributed by atoms with Crippen molar-refractivity contribution in [3.05, 3.63) is 30.5 Å². The SMILES string of the molecule is CCCCCCCC(=O)O.Oc1cn(Cl)c2ccccc12. The topological polar surface area (TPSA) is 62.5 Å². The van der Waals surface area contributed by atoms with Crippen LogP contribution in [0.3, 0.4) is 0 Å². The van der Waals surface area contributed by atoms with Crippen LogP contribution in [0.1, 0.15) is 45.4 Å². The zero-order chi connectivity index (χ0) is 15.7. The summed E-state index contributed by atoms with van der Waals surface area (Å²) in [5.41, 5.74) is 0.826. The van der Waals surface area contributed by atoms with E-state index in [0.29, 0.717) is 6.42 Å². The lowest BCUT2D eigenvalue weighted by atomic mass is 10.1. The number of halogens is 1. The number of carboxylic acids is 1. The Hall–Kier alpha value is -1.68. The van der Waals surface area contributed by atoms with E-state index in [1.54, 1.807) is 0 Å². The van der Waals surface area contributed by atoms with Gasteiger partial charge >= 0.3 is 5.97 Å². The average molecular weight is 312 g/mol. The predicted octanol–water partition coefficient (Wildman–Crippen LogP) is 4.78. The van der Waals surface area contributed by atoms with Crippen LogP contribution in [-0.4, -0.2) is 20.3 Å². The molecule has 116 valence electrons. The van der Waals surface area contributed by atoms with Crippen molar-refractivity contribution in [3.63, 3.8) is 0 Å². The highest BCUT2D eigenvalue weighted by atomic mass is 35.5. The van der Waals surface area contributed by atoms with Gasteiger partial charge < -0.3 is 10.2 Å². The Bertz CT molecular complexity index is 530. The molecule has 1 heterocycles. The Morgan fingerprint density at radius 3 is 2.48 bits per heavy atom. The van der Waals surface area contributed by atoms with Crippen molar-refractivity contribution < 1.29 is 15.0 Å². The third kappa shape index (κ3) is 6.08. The van der Waals surface area contributed by atoms with Crippen LogP contribution < -0.4 is 0 Å². The molecule has 0 aliphatic heterocycles. The van der Waals surface area contributed by atoms with Crippen molar-refractivity contribution in [2.75, 3.05) is 0 Å². The summed E-state index contributed by atoms with van der Waals surface area (Å²) in [6, 6.07) is 7.41. The number of rotatable bonds is 6. The maximum Gasteiger partial charge on any atom is 0.303 e. The smallest absolute Gasteiger partial charge is 0.303 e. The molecule has 0 spiro atoms. The van der Waals surface area contributed by atoms with Gasteiger partial charge in [0.2, 0.25) is 0 Å². The van der Waals surface area contributed by atoms with Crippen molar-refractivity contribution in [3.8, 4) is 5.75 Å². The maximum absolute atomic E-state index is 10.0. The number of hydrogen-bond acceptors (Lipinski definition) is 2. The normalized spacial score (nSPS) is 10.2. The number of aromatic hydroxyl groups is 1. The molecule has 4 nitrogen and oxygen atoms in total. The molecule has 2 N–H and O–H groups in total. The molecule has 0 atom stereocenters. The number of aromatic nitrogens is 1. The summed E-state index contributed by atoms with van der Waals surface area (Å²) in [4.78, 5) is 10.0. The number of carboxylic acid groups (broad SMARTS) is 1. The molecule has 0 saturated heterocycles. The van der Waals surface area contributed by atoms with Gasteiger partial charge in [0.25, 0.3) is 0 Å². The largest absolute Gasteiger partial charge is 0.506 e. The van der Waals surface area contributed by atoms with Crippen LogP contribution in [0, 0.1) is 0 Å². The molecule has 0 aliphatic rings. The monoisotopic (exact) mass is 311 g/mol. The van der Waals surface area contributed by atoms with E-state index in [1.807, 2.05) is 24.3 Å². The van der Waals surface area contributed by atoms with Gasteiger partial charge in [0.1, 0.15) is 5.75 Å². The first-order chi connectivity index (χ1) is 10.1. The second-order valence-electron chi connectivity index (χ2n) is 4.90. The fourth-order valence-electron chi connectivity index (χ4n) is 2.00. The molecule has 0 aliphatic carbocycles. The minimum atomic E-state index is -0.670. The van der Waals surface area contributed by atoms with E-state index in [0.717, 1.165) is 23.7 Å². The summed E-state index contributed by atoms with van der Waals surface area (Å²) in [6.45, 7) is 2.15. The minimum absolute atomic E-state index is 0.218. The van der Waals surface area contributed by atoms with Gasteiger partial charge in [-0.2, -0.15) is 0 Å². The number of fused-ring (bicyclic) bond motifs is 1. The van der Waals surface area contributed by atoms with E-state index < -0.39 is 5.97 Å². The lowest BCUT2D eigenvalue weighted by molar-refractivity contribution is -0.137. The number of benzene rings is 1. The molecule has 5 heteroatoms. The fourth-order valence-corrected chi connectivity index (χ4v) is 2.24. The second-order valence-corrected chi connectivity index (χ2v) is 5.26. The lowest BCUT2D eigenvalue weighted by Gasteiger charge is -1.95. The highest BCUT2D eigenvalue weighted by Crippen LogP contribution is 2.26. The van der Waals surface area contributed by atoms with Crippen LogP contribution >= 0.6 is 11.8 Å². The quantitative estimate of drug-likeness (QED) is 0.755. The highest BCUT2D eigenvalue weighted by Gasteiger charge is 2.03. The Balaban J connectivity index is 0.000000212. The van der Waals surface area contributed by atoms with Crippen molar-refractivity contribution >= 4 is 28.6 Å². The van der Waals surface area contributed by atoms with Gasteiger partial charge in [-0.1, -0.05) is 44.7 Å². The van der Waals surface area contributed by atoms with Crippen LogP contribution in [0.5, 0.6) is 5.75 Å². The Morgan fingerprint density at radius 2 is 1.86 bits per heavy atom. The van der Waals surface area contributed by atoms with Gasteiger partial charge in [-0.15, -0.1) is 0 Å². The van der Waals surface area contributed by atoms with Crippen molar-refractivity contribution in [1.82, 2.24) is 4.09 Å². The van der Waals surface area contributed by atoms with Crippen LogP contribution in [0.2, 0.25) is 0 Å². The number of nitrogens with zero attached hydrogens (tertiary/aromatic N) is 1. The molecular weight excluding hydrogens is 290 g/mol. The molecule has 2 rings (SSSR count). The third-order valence-electron chi connectivity index (χ3n) is 3.14. The summed E-state index contributed by atoms with van der Waals surface area (Å²) in [5, 5.41) is 18.3. The summed E-state index contributed by atoms with van der Waals surface area (Å²) in [7, 11) is 0. The van der Waals surface area contributed by atoms with E-state index in [9.17, 15) is 9.90 Å². The molecule has 0 amide bonds. The van der Waals surface area contributed by atoms with E-state index in [4.69, 9.17) is 16.9 Å². The van der Waals surface area contributed by atoms with E-state index >= 15 is 0 Å². The van der Waals surface area contributed by atoms with Gasteiger partial charge in [0.15, 0.2) is 0 Å². The number of carbonyl (C=O) groups is 1. The molecule has 21 heavy (non-hydrogen) atoms. The van der Waals surface area contributed by atoms with Crippen molar-refractivity contribution in [2.24, 2.45) is 0 Å².